The van der Waals surface area contributed by atoms with Crippen molar-refractivity contribution in [2.45, 2.75) is 19.0 Å². The second kappa shape index (κ2) is 7.25. The van der Waals surface area contributed by atoms with Gasteiger partial charge in [-0.2, -0.15) is 0 Å². The summed E-state index contributed by atoms with van der Waals surface area (Å²) in [5.74, 6) is -2.30. The molecule has 8 nitrogen and oxygen atoms in total. The number of urea groups is 1. The molecule has 0 saturated carbocycles. The van der Waals surface area contributed by atoms with Crippen LogP contribution in [0.1, 0.15) is 18.5 Å². The molecule has 0 fully saturated rings. The fourth-order valence-electron chi connectivity index (χ4n) is 1.77. The maximum absolute atomic E-state index is 13.3. The molecule has 1 aromatic rings. The summed E-state index contributed by atoms with van der Waals surface area (Å²) in [7, 11) is 1.40. The van der Waals surface area contributed by atoms with Crippen LogP contribution in [-0.2, 0) is 9.59 Å². The first-order valence-corrected chi connectivity index (χ1v) is 6.25. The largest absolute Gasteiger partial charge is 0.496 e. The van der Waals surface area contributed by atoms with E-state index >= 15 is 0 Å². The van der Waals surface area contributed by atoms with Gasteiger partial charge in [-0.15, -0.1) is 0 Å². The zero-order chi connectivity index (χ0) is 16.9. The number of primary amides is 2. The first-order chi connectivity index (χ1) is 10.3. The highest BCUT2D eigenvalue weighted by atomic mass is 19.1. The molecule has 0 aliphatic carbocycles. The Balaban J connectivity index is 2.82. The number of hydrogen-bond donors (Lipinski definition) is 4. The molecule has 0 radical (unpaired) electrons. The number of rotatable bonds is 6. The van der Waals surface area contributed by atoms with Gasteiger partial charge in [-0.1, -0.05) is 0 Å². The van der Waals surface area contributed by atoms with Crippen LogP contribution in [0, 0.1) is 5.82 Å². The Morgan fingerprint density at radius 1 is 1.18 bits per heavy atom. The Morgan fingerprint density at radius 3 is 2.27 bits per heavy atom. The van der Waals surface area contributed by atoms with Crippen molar-refractivity contribution in [3.63, 3.8) is 0 Å². The molecule has 0 heterocycles. The minimum Gasteiger partial charge on any atom is -0.496 e. The number of ether oxygens (including phenoxy) is 1. The average Bonchev–Trinajstić information content (AvgIpc) is 2.43. The number of amides is 4. The third-order valence-electron chi connectivity index (χ3n) is 2.85. The molecule has 4 amide bonds. The smallest absolute Gasteiger partial charge is 0.316 e. The quantitative estimate of drug-likeness (QED) is 0.528. The zero-order valence-corrected chi connectivity index (χ0v) is 12.1. The molecule has 0 spiro atoms. The second-order valence-electron chi connectivity index (χ2n) is 4.46. The highest BCUT2D eigenvalue weighted by Crippen LogP contribution is 2.25. The summed E-state index contributed by atoms with van der Waals surface area (Å²) in [5, 5.41) is 4.46. The van der Waals surface area contributed by atoms with E-state index in [1.165, 1.54) is 25.3 Å². The van der Waals surface area contributed by atoms with Gasteiger partial charge in [-0.3, -0.25) is 9.59 Å². The van der Waals surface area contributed by atoms with Gasteiger partial charge < -0.3 is 26.8 Å². The van der Waals surface area contributed by atoms with Gasteiger partial charge in [-0.05, 0) is 25.1 Å². The molecule has 6 N–H and O–H groups in total. The molecule has 1 rings (SSSR count). The highest BCUT2D eigenvalue weighted by Gasteiger charge is 2.25. The Labute approximate surface area is 126 Å². The summed E-state index contributed by atoms with van der Waals surface area (Å²) < 4.78 is 18.4. The van der Waals surface area contributed by atoms with E-state index in [2.05, 4.69) is 5.32 Å². The molecule has 0 aromatic heterocycles. The van der Waals surface area contributed by atoms with Crippen LogP contribution in [-0.4, -0.2) is 31.0 Å². The van der Waals surface area contributed by atoms with Crippen molar-refractivity contribution in [2.24, 2.45) is 11.5 Å². The van der Waals surface area contributed by atoms with E-state index in [4.69, 9.17) is 16.2 Å². The van der Waals surface area contributed by atoms with Crippen molar-refractivity contribution in [1.29, 1.82) is 0 Å². The number of nitrogens with two attached hydrogens (primary N) is 2. The molecular formula is C13H17FN4O4. The standard InChI is InChI=1S/C13H17FN4O4/c1-6(8-5-7(14)3-4-9(8)22-2)17-13(21)18-10(11(15)19)12(16)20/h3-6,10H,1-2H3,(H2,15,19)(H2,16,20)(H2,17,18,21)/t6-/m1/s1. The lowest BCUT2D eigenvalue weighted by molar-refractivity contribution is -0.128. The van der Waals surface area contributed by atoms with Gasteiger partial charge >= 0.3 is 6.03 Å². The van der Waals surface area contributed by atoms with Crippen LogP contribution < -0.4 is 26.8 Å². The van der Waals surface area contributed by atoms with Gasteiger partial charge in [0, 0.05) is 5.56 Å². The summed E-state index contributed by atoms with van der Waals surface area (Å²) in [6.07, 6.45) is 0. The molecule has 0 unspecified atom stereocenters. The van der Waals surface area contributed by atoms with E-state index in [-0.39, 0.29) is 0 Å². The molecule has 9 heteroatoms. The van der Waals surface area contributed by atoms with Gasteiger partial charge in [0.15, 0.2) is 6.04 Å². The van der Waals surface area contributed by atoms with Crippen molar-refractivity contribution in [3.8, 4) is 5.75 Å². The van der Waals surface area contributed by atoms with Gasteiger partial charge in [0.1, 0.15) is 11.6 Å². The van der Waals surface area contributed by atoms with Crippen LogP contribution in [0.5, 0.6) is 5.75 Å². The fourth-order valence-corrected chi connectivity index (χ4v) is 1.77. The third-order valence-corrected chi connectivity index (χ3v) is 2.85. The number of hydrogen-bond acceptors (Lipinski definition) is 4. The Hall–Kier alpha value is -2.84. The number of nitrogens with one attached hydrogen (secondary N) is 2. The van der Waals surface area contributed by atoms with Crippen molar-refractivity contribution in [1.82, 2.24) is 10.6 Å². The zero-order valence-electron chi connectivity index (χ0n) is 12.1. The Bertz CT molecular complexity index is 579. The Kier molecular flexibility index (Phi) is 5.67. The van der Waals surface area contributed by atoms with Crippen LogP contribution in [0.2, 0.25) is 0 Å². The normalized spacial score (nSPS) is 11.6. The summed E-state index contributed by atoms with van der Waals surface area (Å²) in [5.41, 5.74) is 10.3. The van der Waals surface area contributed by atoms with Crippen molar-refractivity contribution < 1.29 is 23.5 Å². The van der Waals surface area contributed by atoms with E-state index in [9.17, 15) is 18.8 Å². The lowest BCUT2D eigenvalue weighted by Gasteiger charge is -2.19. The maximum atomic E-state index is 13.3. The van der Waals surface area contributed by atoms with Crippen LogP contribution in [0.15, 0.2) is 18.2 Å². The van der Waals surface area contributed by atoms with E-state index in [0.29, 0.717) is 11.3 Å². The van der Waals surface area contributed by atoms with Crippen molar-refractivity contribution in [3.05, 3.63) is 29.6 Å². The summed E-state index contributed by atoms with van der Waals surface area (Å²) >= 11 is 0. The summed E-state index contributed by atoms with van der Waals surface area (Å²) in [4.78, 5) is 33.7. The van der Waals surface area contributed by atoms with Crippen LogP contribution in [0.25, 0.3) is 0 Å². The predicted molar refractivity (Wildman–Crippen MR) is 75.2 cm³/mol. The molecule has 120 valence electrons. The van der Waals surface area contributed by atoms with Gasteiger partial charge in [0.05, 0.1) is 13.2 Å². The molecule has 1 aromatic carbocycles. The lowest BCUT2D eigenvalue weighted by Crippen LogP contribution is -2.55. The lowest BCUT2D eigenvalue weighted by atomic mass is 10.1. The number of carbonyl (C=O) groups is 3. The molecular weight excluding hydrogens is 295 g/mol. The molecule has 0 bridgehead atoms. The minimum absolute atomic E-state index is 0.371. The molecule has 22 heavy (non-hydrogen) atoms. The average molecular weight is 312 g/mol. The molecule has 1 atom stereocenters. The van der Waals surface area contributed by atoms with Crippen LogP contribution in [0.3, 0.4) is 0 Å². The van der Waals surface area contributed by atoms with Crippen LogP contribution >= 0.6 is 0 Å². The second-order valence-corrected chi connectivity index (χ2v) is 4.46. The SMILES string of the molecule is COc1ccc(F)cc1[C@@H](C)NC(=O)NC(C(N)=O)C(N)=O. The first-order valence-electron chi connectivity index (χ1n) is 6.25. The maximum Gasteiger partial charge on any atom is 0.316 e. The van der Waals surface area contributed by atoms with Crippen molar-refractivity contribution >= 4 is 17.8 Å². The van der Waals surface area contributed by atoms with E-state index < -0.39 is 35.7 Å². The number of methoxy groups -OCH3 is 1. The highest BCUT2D eigenvalue weighted by molar-refractivity contribution is 6.05. The van der Waals surface area contributed by atoms with E-state index in [1.807, 2.05) is 5.32 Å². The topological polar surface area (TPSA) is 137 Å². The number of carbonyl (C=O) groups excluding carboxylic acids is 3. The number of benzene rings is 1. The monoisotopic (exact) mass is 312 g/mol. The summed E-state index contributed by atoms with van der Waals surface area (Å²) in [6, 6.07) is 0.667. The van der Waals surface area contributed by atoms with Gasteiger partial charge in [-0.25, -0.2) is 9.18 Å². The van der Waals surface area contributed by atoms with Crippen molar-refractivity contribution in [2.75, 3.05) is 7.11 Å². The van der Waals surface area contributed by atoms with Crippen LogP contribution in [0.4, 0.5) is 9.18 Å². The summed E-state index contributed by atoms with van der Waals surface area (Å²) in [6.45, 7) is 1.57. The minimum atomic E-state index is -1.64. The Morgan fingerprint density at radius 2 is 1.77 bits per heavy atom. The predicted octanol–water partition coefficient (Wildman–Crippen LogP) is -0.466. The molecule has 0 aliphatic heterocycles. The molecule has 0 aliphatic rings. The van der Waals surface area contributed by atoms with E-state index in [1.54, 1.807) is 6.92 Å². The first kappa shape index (κ1) is 17.2. The van der Waals surface area contributed by atoms with Gasteiger partial charge in [0.25, 0.3) is 0 Å². The molecule has 0 saturated heterocycles. The number of halogens is 1. The van der Waals surface area contributed by atoms with Gasteiger partial charge in [0.2, 0.25) is 11.8 Å². The van der Waals surface area contributed by atoms with E-state index in [0.717, 1.165) is 0 Å². The fraction of sp³-hybridized carbons (Fsp3) is 0.308. The third kappa shape index (κ3) is 4.33.